The highest BCUT2D eigenvalue weighted by molar-refractivity contribution is 7.98. The number of rotatable bonds is 6. The highest BCUT2D eigenvalue weighted by atomic mass is 32.2. The van der Waals surface area contributed by atoms with Crippen molar-refractivity contribution in [3.63, 3.8) is 0 Å². The molecule has 2 heterocycles. The molecule has 0 bridgehead atoms. The van der Waals surface area contributed by atoms with Crippen molar-refractivity contribution in [3.8, 4) is 0 Å². The largest absolute Gasteiger partial charge is 0.381 e. The third-order valence-corrected chi connectivity index (χ3v) is 6.07. The normalized spacial score (nSPS) is 20.5. The van der Waals surface area contributed by atoms with Crippen molar-refractivity contribution in [2.24, 2.45) is 5.92 Å². The fourth-order valence-electron chi connectivity index (χ4n) is 3.57. The summed E-state index contributed by atoms with van der Waals surface area (Å²) in [4.78, 5) is 16.9. The smallest absolute Gasteiger partial charge is 0.251 e. The fraction of sp³-hybridized carbons (Fsp3) is 0.409. The number of aromatic amines is 1. The zero-order chi connectivity index (χ0) is 17.9. The van der Waals surface area contributed by atoms with E-state index >= 15 is 0 Å². The molecule has 0 amide bonds. The van der Waals surface area contributed by atoms with Crippen LogP contribution in [0.25, 0.3) is 5.57 Å². The van der Waals surface area contributed by atoms with Gasteiger partial charge in [-0.3, -0.25) is 4.79 Å². The lowest BCUT2D eigenvalue weighted by molar-refractivity contribution is 0.186. The van der Waals surface area contributed by atoms with Crippen LogP contribution in [0.3, 0.4) is 0 Å². The molecule has 4 heteroatoms. The molecule has 136 valence electrons. The first-order valence-electron chi connectivity index (χ1n) is 9.40. The summed E-state index contributed by atoms with van der Waals surface area (Å²) in [6.07, 6.45) is 8.74. The number of H-pyrrole nitrogens is 1. The maximum absolute atomic E-state index is 12.5. The van der Waals surface area contributed by atoms with Gasteiger partial charge in [0, 0.05) is 34.9 Å². The summed E-state index contributed by atoms with van der Waals surface area (Å²) in [5.41, 5.74) is 4.19. The summed E-state index contributed by atoms with van der Waals surface area (Å²) in [5, 5.41) is 0. The maximum atomic E-state index is 12.5. The number of pyridine rings is 1. The summed E-state index contributed by atoms with van der Waals surface area (Å²) >= 11 is 1.74. The van der Waals surface area contributed by atoms with Gasteiger partial charge in [0.15, 0.2) is 0 Å². The van der Waals surface area contributed by atoms with Crippen LogP contribution in [-0.2, 0) is 4.74 Å². The molecule has 2 fully saturated rings. The van der Waals surface area contributed by atoms with E-state index < -0.39 is 0 Å². The molecule has 1 N–H and O–H groups in total. The molecule has 3 nitrogen and oxygen atoms in total. The van der Waals surface area contributed by atoms with Crippen molar-refractivity contribution in [2.45, 2.75) is 36.5 Å². The maximum Gasteiger partial charge on any atom is 0.251 e. The van der Waals surface area contributed by atoms with Gasteiger partial charge in [-0.15, -0.1) is 11.8 Å². The lowest BCUT2D eigenvalue weighted by atomic mass is 9.96. The van der Waals surface area contributed by atoms with E-state index in [0.29, 0.717) is 11.8 Å². The number of hydrogen-bond acceptors (Lipinski definition) is 3. The molecule has 2 aromatic rings. The van der Waals surface area contributed by atoms with Gasteiger partial charge in [-0.1, -0.05) is 24.3 Å². The fourth-order valence-corrected chi connectivity index (χ4v) is 3.97. The first-order chi connectivity index (χ1) is 12.7. The molecule has 1 saturated heterocycles. The SMILES string of the molecule is CSc1ccc(/C(=C/CC2CCOC2)c2ccc(C3CC3)c(=O)[nH]2)cc1. The van der Waals surface area contributed by atoms with Gasteiger partial charge in [-0.2, -0.15) is 0 Å². The predicted octanol–water partition coefficient (Wildman–Crippen LogP) is 4.83. The molecule has 0 radical (unpaired) electrons. The summed E-state index contributed by atoms with van der Waals surface area (Å²) in [5.74, 6) is 1.05. The van der Waals surface area contributed by atoms with Gasteiger partial charge in [-0.05, 0) is 67.5 Å². The van der Waals surface area contributed by atoms with E-state index in [4.69, 9.17) is 4.74 Å². The van der Waals surface area contributed by atoms with E-state index in [9.17, 15) is 4.79 Å². The number of nitrogens with one attached hydrogen (secondary N) is 1. The summed E-state index contributed by atoms with van der Waals surface area (Å²) in [7, 11) is 0. The Hall–Kier alpha value is -1.78. The zero-order valence-corrected chi connectivity index (χ0v) is 16.0. The Bertz CT molecular complexity index is 843. The zero-order valence-electron chi connectivity index (χ0n) is 15.2. The molecular weight excluding hydrogens is 342 g/mol. The highest BCUT2D eigenvalue weighted by Crippen LogP contribution is 2.38. The van der Waals surface area contributed by atoms with Crippen LogP contribution in [-0.4, -0.2) is 24.5 Å². The monoisotopic (exact) mass is 367 g/mol. The van der Waals surface area contributed by atoms with Crippen LogP contribution in [0.2, 0.25) is 0 Å². The van der Waals surface area contributed by atoms with E-state index in [1.54, 1.807) is 11.8 Å². The van der Waals surface area contributed by atoms with Crippen molar-refractivity contribution >= 4 is 17.3 Å². The second-order valence-electron chi connectivity index (χ2n) is 7.24. The van der Waals surface area contributed by atoms with Gasteiger partial charge in [-0.25, -0.2) is 0 Å². The van der Waals surface area contributed by atoms with Gasteiger partial charge < -0.3 is 9.72 Å². The van der Waals surface area contributed by atoms with E-state index in [1.807, 2.05) is 6.07 Å². The first-order valence-corrected chi connectivity index (χ1v) is 10.6. The minimum absolute atomic E-state index is 0.0702. The molecule has 4 rings (SSSR count). The molecular formula is C22H25NO2S. The van der Waals surface area contributed by atoms with Crippen LogP contribution in [0.5, 0.6) is 0 Å². The van der Waals surface area contributed by atoms with E-state index in [0.717, 1.165) is 61.3 Å². The minimum atomic E-state index is 0.0702. The Morgan fingerprint density at radius 3 is 2.62 bits per heavy atom. The minimum Gasteiger partial charge on any atom is -0.381 e. The van der Waals surface area contributed by atoms with Crippen LogP contribution in [0, 0.1) is 5.92 Å². The van der Waals surface area contributed by atoms with Gasteiger partial charge in [0.2, 0.25) is 0 Å². The second kappa shape index (κ2) is 7.85. The van der Waals surface area contributed by atoms with Gasteiger partial charge >= 0.3 is 0 Å². The van der Waals surface area contributed by atoms with E-state index in [2.05, 4.69) is 47.6 Å². The van der Waals surface area contributed by atoms with Gasteiger partial charge in [0.05, 0.1) is 0 Å². The highest BCUT2D eigenvalue weighted by Gasteiger charge is 2.26. The molecule has 26 heavy (non-hydrogen) atoms. The van der Waals surface area contributed by atoms with Gasteiger partial charge in [0.25, 0.3) is 5.56 Å². The quantitative estimate of drug-likeness (QED) is 0.744. The number of hydrogen-bond donors (Lipinski definition) is 1. The van der Waals surface area contributed by atoms with Crippen molar-refractivity contribution in [3.05, 3.63) is 69.6 Å². The van der Waals surface area contributed by atoms with Crippen LogP contribution < -0.4 is 5.56 Å². The average molecular weight is 368 g/mol. The molecule has 1 aliphatic carbocycles. The summed E-state index contributed by atoms with van der Waals surface area (Å²) in [6, 6.07) is 12.7. The Morgan fingerprint density at radius 1 is 1.19 bits per heavy atom. The summed E-state index contributed by atoms with van der Waals surface area (Å²) < 4.78 is 5.51. The predicted molar refractivity (Wildman–Crippen MR) is 108 cm³/mol. The summed E-state index contributed by atoms with van der Waals surface area (Å²) in [6.45, 7) is 1.70. The number of benzene rings is 1. The molecule has 2 aliphatic rings. The number of ether oxygens (including phenoxy) is 1. The first kappa shape index (κ1) is 17.6. The number of aromatic nitrogens is 1. The lowest BCUT2D eigenvalue weighted by Crippen LogP contribution is -2.13. The molecule has 1 unspecified atom stereocenters. The third kappa shape index (κ3) is 3.97. The van der Waals surface area contributed by atoms with Gasteiger partial charge in [0.1, 0.15) is 0 Å². The number of thioether (sulfide) groups is 1. The average Bonchev–Trinajstić information content (AvgIpc) is 3.37. The Kier molecular flexibility index (Phi) is 5.32. The molecule has 1 aromatic heterocycles. The van der Waals surface area contributed by atoms with E-state index in [-0.39, 0.29) is 5.56 Å². The Balaban J connectivity index is 1.67. The van der Waals surface area contributed by atoms with Crippen LogP contribution in [0.4, 0.5) is 0 Å². The van der Waals surface area contributed by atoms with E-state index in [1.165, 1.54) is 4.90 Å². The second-order valence-corrected chi connectivity index (χ2v) is 8.12. The van der Waals surface area contributed by atoms with Crippen molar-refractivity contribution in [1.29, 1.82) is 0 Å². The molecule has 0 spiro atoms. The Labute approximate surface area is 158 Å². The number of allylic oxidation sites excluding steroid dienone is 1. The lowest BCUT2D eigenvalue weighted by Gasteiger charge is -2.12. The third-order valence-electron chi connectivity index (χ3n) is 5.33. The van der Waals surface area contributed by atoms with Crippen LogP contribution >= 0.6 is 11.8 Å². The standard InChI is InChI=1S/C22H25NO2S/c1-26-18-7-5-16(6-8-18)19(9-2-15-12-13-25-14-15)21-11-10-20(17-3-4-17)22(24)23-21/h5-11,15,17H,2-4,12-14H2,1H3,(H,23,24)/b19-9-. The van der Waals surface area contributed by atoms with Crippen LogP contribution in [0.15, 0.2) is 52.2 Å². The molecule has 1 atom stereocenters. The molecule has 1 aliphatic heterocycles. The topological polar surface area (TPSA) is 42.1 Å². The van der Waals surface area contributed by atoms with Crippen molar-refractivity contribution in [2.75, 3.05) is 19.5 Å². The molecule has 1 aromatic carbocycles. The van der Waals surface area contributed by atoms with Crippen molar-refractivity contribution < 1.29 is 4.74 Å². The van der Waals surface area contributed by atoms with Crippen molar-refractivity contribution in [1.82, 2.24) is 4.98 Å². The Morgan fingerprint density at radius 2 is 2.00 bits per heavy atom. The van der Waals surface area contributed by atoms with Crippen LogP contribution in [0.1, 0.15) is 48.4 Å². The molecule has 1 saturated carbocycles.